The van der Waals surface area contributed by atoms with Gasteiger partial charge in [0.2, 0.25) is 0 Å². The number of rotatable bonds is 5. The number of carbonyl (C=O) groups is 3. The van der Waals surface area contributed by atoms with Crippen LogP contribution in [0.4, 0.5) is 5.00 Å². The molecule has 0 saturated heterocycles. The Morgan fingerprint density at radius 1 is 1.29 bits per heavy atom. The number of esters is 1. The van der Waals surface area contributed by atoms with Gasteiger partial charge >= 0.3 is 5.97 Å². The molecule has 2 heterocycles. The summed E-state index contributed by atoms with van der Waals surface area (Å²) in [7, 11) is 0. The number of H-pyrrole nitrogens is 1. The van der Waals surface area contributed by atoms with Gasteiger partial charge in [-0.25, -0.2) is 4.79 Å². The smallest absolute Gasteiger partial charge is 0.355 e. The van der Waals surface area contributed by atoms with Crippen molar-refractivity contribution in [3.8, 4) is 6.07 Å². The molecule has 1 amide bonds. The number of aromatic amines is 1. The van der Waals surface area contributed by atoms with Crippen LogP contribution in [-0.2, 0) is 22.4 Å². The third-order valence-corrected chi connectivity index (χ3v) is 5.94. The molecule has 0 radical (unpaired) electrons. The minimum Gasteiger partial charge on any atom is -0.448 e. The molecule has 0 aliphatic heterocycles. The monoisotopic (exact) mass is 399 g/mol. The van der Waals surface area contributed by atoms with Gasteiger partial charge in [0.1, 0.15) is 16.8 Å². The van der Waals surface area contributed by atoms with E-state index in [9.17, 15) is 19.6 Å². The molecule has 1 aliphatic carbocycles. The predicted octanol–water partition coefficient (Wildman–Crippen LogP) is 3.60. The molecule has 146 valence electrons. The number of nitriles is 1. The average molecular weight is 399 g/mol. The van der Waals surface area contributed by atoms with Gasteiger partial charge in [0.25, 0.3) is 5.91 Å². The summed E-state index contributed by atoms with van der Waals surface area (Å²) in [6.45, 7) is 2.86. The maximum absolute atomic E-state index is 12.5. The minimum atomic E-state index is -1.05. The molecule has 0 unspecified atom stereocenters. The second kappa shape index (κ2) is 8.40. The highest BCUT2D eigenvalue weighted by molar-refractivity contribution is 7.16. The van der Waals surface area contributed by atoms with E-state index < -0.39 is 18.0 Å². The molecule has 1 atom stereocenters. The first-order valence-corrected chi connectivity index (χ1v) is 9.98. The Morgan fingerprint density at radius 3 is 2.71 bits per heavy atom. The van der Waals surface area contributed by atoms with Crippen molar-refractivity contribution in [2.75, 3.05) is 5.32 Å². The molecule has 2 aromatic heterocycles. The van der Waals surface area contributed by atoms with Crippen LogP contribution in [0.2, 0.25) is 0 Å². The van der Waals surface area contributed by atoms with E-state index >= 15 is 0 Å². The Bertz CT molecular complexity index is 967. The van der Waals surface area contributed by atoms with Crippen molar-refractivity contribution in [2.45, 2.75) is 52.1 Å². The fraction of sp³-hybridized carbons (Fsp3) is 0.400. The molecule has 8 heteroatoms. The van der Waals surface area contributed by atoms with Crippen molar-refractivity contribution in [1.29, 1.82) is 5.26 Å². The molecule has 0 saturated carbocycles. The predicted molar refractivity (Wildman–Crippen MR) is 105 cm³/mol. The number of anilines is 1. The molecule has 2 N–H and O–H groups in total. The number of nitrogens with zero attached hydrogens (tertiary/aromatic N) is 1. The van der Waals surface area contributed by atoms with Crippen LogP contribution in [0.15, 0.2) is 12.3 Å². The van der Waals surface area contributed by atoms with Gasteiger partial charge in [0, 0.05) is 16.6 Å². The first-order valence-electron chi connectivity index (χ1n) is 9.16. The van der Waals surface area contributed by atoms with Crippen LogP contribution in [0.1, 0.15) is 70.0 Å². The Morgan fingerprint density at radius 2 is 2.04 bits per heavy atom. The Kier molecular flexibility index (Phi) is 5.95. The van der Waals surface area contributed by atoms with Crippen LogP contribution in [0.25, 0.3) is 0 Å². The maximum Gasteiger partial charge on any atom is 0.355 e. The SMILES string of the molecule is CC(=O)c1c[nH]c(C(=O)O[C@H](C)C(=O)Nc2sc3c(c2C#N)CCCCC3)c1. The molecule has 3 rings (SSSR count). The normalized spacial score (nSPS) is 14.3. The summed E-state index contributed by atoms with van der Waals surface area (Å²) in [5, 5.41) is 12.8. The van der Waals surface area contributed by atoms with Gasteiger partial charge in [-0.1, -0.05) is 6.42 Å². The summed E-state index contributed by atoms with van der Waals surface area (Å²) >= 11 is 1.43. The van der Waals surface area contributed by atoms with Gasteiger partial charge in [-0.05, 0) is 51.2 Å². The lowest BCUT2D eigenvalue weighted by Crippen LogP contribution is -2.30. The lowest BCUT2D eigenvalue weighted by molar-refractivity contribution is -0.123. The highest BCUT2D eigenvalue weighted by Crippen LogP contribution is 2.37. The van der Waals surface area contributed by atoms with E-state index in [0.717, 1.165) is 42.5 Å². The molecule has 0 spiro atoms. The van der Waals surface area contributed by atoms with Gasteiger partial charge < -0.3 is 15.0 Å². The number of hydrogen-bond acceptors (Lipinski definition) is 6. The molecule has 28 heavy (non-hydrogen) atoms. The van der Waals surface area contributed by atoms with Crippen molar-refractivity contribution < 1.29 is 19.1 Å². The Balaban J connectivity index is 1.68. The third kappa shape index (κ3) is 4.15. The molecular formula is C20H21N3O4S. The number of aromatic nitrogens is 1. The van der Waals surface area contributed by atoms with Crippen molar-refractivity contribution >= 4 is 34.0 Å². The van der Waals surface area contributed by atoms with Gasteiger partial charge in [-0.2, -0.15) is 5.26 Å². The van der Waals surface area contributed by atoms with Crippen LogP contribution in [0.5, 0.6) is 0 Å². The Labute approximate surface area is 166 Å². The van der Waals surface area contributed by atoms with E-state index in [4.69, 9.17) is 4.74 Å². The quantitative estimate of drug-likeness (QED) is 0.453. The fourth-order valence-electron chi connectivity index (χ4n) is 3.16. The van der Waals surface area contributed by atoms with E-state index in [1.807, 2.05) is 0 Å². The first-order chi connectivity index (χ1) is 13.4. The van der Waals surface area contributed by atoms with E-state index in [2.05, 4.69) is 16.4 Å². The number of ether oxygens (including phenoxy) is 1. The van der Waals surface area contributed by atoms with Crippen LogP contribution in [0, 0.1) is 11.3 Å². The lowest BCUT2D eigenvalue weighted by atomic mass is 10.1. The number of fused-ring (bicyclic) bond motifs is 1. The van der Waals surface area contributed by atoms with Crippen molar-refractivity contribution in [3.05, 3.63) is 39.5 Å². The zero-order valence-corrected chi connectivity index (χ0v) is 16.6. The van der Waals surface area contributed by atoms with Crippen molar-refractivity contribution in [1.82, 2.24) is 4.98 Å². The topological polar surface area (TPSA) is 112 Å². The van der Waals surface area contributed by atoms with Gasteiger partial charge in [-0.3, -0.25) is 9.59 Å². The summed E-state index contributed by atoms with van der Waals surface area (Å²) in [6, 6.07) is 3.60. The number of aryl methyl sites for hydroxylation is 1. The van der Waals surface area contributed by atoms with Crippen LogP contribution < -0.4 is 5.32 Å². The van der Waals surface area contributed by atoms with E-state index in [1.54, 1.807) is 0 Å². The lowest BCUT2D eigenvalue weighted by Gasteiger charge is -2.12. The minimum absolute atomic E-state index is 0.102. The number of ketones is 1. The number of amides is 1. The summed E-state index contributed by atoms with van der Waals surface area (Å²) in [5.41, 5.74) is 2.02. The van der Waals surface area contributed by atoms with Gasteiger partial charge in [-0.15, -0.1) is 11.3 Å². The number of thiophene rings is 1. The van der Waals surface area contributed by atoms with Crippen LogP contribution in [-0.4, -0.2) is 28.7 Å². The number of nitrogens with one attached hydrogen (secondary N) is 2. The van der Waals surface area contributed by atoms with E-state index in [-0.39, 0.29) is 11.5 Å². The molecule has 2 aromatic rings. The van der Waals surface area contributed by atoms with Crippen molar-refractivity contribution in [3.63, 3.8) is 0 Å². The highest BCUT2D eigenvalue weighted by Gasteiger charge is 2.25. The van der Waals surface area contributed by atoms with E-state index in [1.165, 1.54) is 37.4 Å². The summed E-state index contributed by atoms with van der Waals surface area (Å²) in [6.07, 6.45) is 5.40. The molecule has 0 aromatic carbocycles. The molecule has 1 aliphatic rings. The van der Waals surface area contributed by atoms with Crippen molar-refractivity contribution in [2.24, 2.45) is 0 Å². The zero-order valence-electron chi connectivity index (χ0n) is 15.8. The third-order valence-electron chi connectivity index (χ3n) is 4.73. The van der Waals surface area contributed by atoms with E-state index in [0.29, 0.717) is 16.1 Å². The molecule has 0 fully saturated rings. The standard InChI is InChI=1S/C20H21N3O4S/c1-11(24)13-8-16(22-10-13)20(26)27-12(2)18(25)23-19-15(9-21)14-6-4-3-5-7-17(14)28-19/h8,10,12,22H,3-7H2,1-2H3,(H,23,25)/t12-/m1/s1. The fourth-order valence-corrected chi connectivity index (χ4v) is 4.40. The Hall–Kier alpha value is -2.92. The van der Waals surface area contributed by atoms with Gasteiger partial charge in [0.15, 0.2) is 11.9 Å². The zero-order chi connectivity index (χ0) is 20.3. The molecular weight excluding hydrogens is 378 g/mol. The number of hydrogen-bond donors (Lipinski definition) is 2. The number of Topliss-reactive ketones (excluding diaryl/α,β-unsaturated/α-hetero) is 1. The largest absolute Gasteiger partial charge is 0.448 e. The highest BCUT2D eigenvalue weighted by atomic mass is 32.1. The summed E-state index contributed by atoms with van der Waals surface area (Å²) in [5.74, 6) is -1.40. The van der Waals surface area contributed by atoms with Gasteiger partial charge in [0.05, 0.1) is 5.56 Å². The maximum atomic E-state index is 12.5. The first kappa shape index (κ1) is 19.8. The summed E-state index contributed by atoms with van der Waals surface area (Å²) < 4.78 is 5.19. The van der Waals surface area contributed by atoms with Crippen LogP contribution >= 0.6 is 11.3 Å². The molecule has 7 nitrogen and oxygen atoms in total. The summed E-state index contributed by atoms with van der Waals surface area (Å²) in [4.78, 5) is 39.8. The second-order valence-corrected chi connectivity index (χ2v) is 7.88. The average Bonchev–Trinajstić information content (AvgIpc) is 3.21. The second-order valence-electron chi connectivity index (χ2n) is 6.78. The number of carbonyl (C=O) groups excluding carboxylic acids is 3. The molecule has 0 bridgehead atoms. The van der Waals surface area contributed by atoms with Crippen LogP contribution in [0.3, 0.4) is 0 Å².